The first-order valence-electron chi connectivity index (χ1n) is 11.2. The maximum atomic E-state index is 13.6. The lowest BCUT2D eigenvalue weighted by Crippen LogP contribution is -2.48. The van der Waals surface area contributed by atoms with Gasteiger partial charge in [0.15, 0.2) is 5.16 Å². The molecule has 2 aliphatic rings. The van der Waals surface area contributed by atoms with Crippen molar-refractivity contribution < 1.29 is 4.79 Å². The van der Waals surface area contributed by atoms with Gasteiger partial charge in [-0.15, -0.1) is 11.8 Å². The lowest BCUT2D eigenvalue weighted by atomic mass is 10.0. The number of benzene rings is 3. The highest BCUT2D eigenvalue weighted by Gasteiger charge is 2.36. The number of carbonyl (C=O) groups is 1. The number of anilines is 1. The minimum absolute atomic E-state index is 0.00963. The smallest absolute Gasteiger partial charge is 0.238 e. The second-order valence-corrected chi connectivity index (χ2v) is 10.3. The summed E-state index contributed by atoms with van der Waals surface area (Å²) in [5.74, 6) is 0.331. The van der Waals surface area contributed by atoms with Crippen LogP contribution in [0.1, 0.15) is 0 Å². The van der Waals surface area contributed by atoms with Gasteiger partial charge in [-0.2, -0.15) is 0 Å². The van der Waals surface area contributed by atoms with Crippen molar-refractivity contribution in [2.75, 3.05) is 10.7 Å². The molecule has 3 aromatic carbocycles. The summed E-state index contributed by atoms with van der Waals surface area (Å²) < 4.78 is 0. The second kappa shape index (κ2) is 9.12. The number of thioether (sulfide) groups is 2. The van der Waals surface area contributed by atoms with Crippen LogP contribution in [-0.4, -0.2) is 32.9 Å². The Balaban J connectivity index is 1.31. The van der Waals surface area contributed by atoms with Crippen LogP contribution in [0.25, 0.3) is 22.2 Å². The number of para-hydroxylation sites is 2. The number of fused-ring (bicyclic) bond motifs is 3. The third-order valence-electron chi connectivity index (χ3n) is 5.97. The van der Waals surface area contributed by atoms with Gasteiger partial charge in [0.1, 0.15) is 0 Å². The molecule has 1 amide bonds. The first kappa shape index (κ1) is 21.2. The molecule has 1 aliphatic carbocycles. The molecule has 1 aliphatic heterocycles. The van der Waals surface area contributed by atoms with Crippen LogP contribution in [0, 0.1) is 0 Å². The third-order valence-corrected chi connectivity index (χ3v) is 8.11. The highest BCUT2D eigenvalue weighted by Crippen LogP contribution is 2.43. The van der Waals surface area contributed by atoms with Crippen LogP contribution < -0.4 is 4.90 Å². The molecule has 0 spiro atoms. The number of rotatable bonds is 4. The Morgan fingerprint density at radius 3 is 2.56 bits per heavy atom. The number of nitrogens with zero attached hydrogens (tertiary/aromatic N) is 3. The fourth-order valence-corrected chi connectivity index (χ4v) is 6.38. The van der Waals surface area contributed by atoms with Crippen LogP contribution in [0.4, 0.5) is 5.69 Å². The van der Waals surface area contributed by atoms with Gasteiger partial charge in [-0.05, 0) is 18.2 Å². The van der Waals surface area contributed by atoms with Gasteiger partial charge in [0.25, 0.3) is 0 Å². The molecule has 2 unspecified atom stereocenters. The van der Waals surface area contributed by atoms with Crippen LogP contribution in [-0.2, 0) is 4.79 Å². The molecule has 0 radical (unpaired) electrons. The molecule has 0 N–H and O–H groups in total. The number of hydrogen-bond donors (Lipinski definition) is 0. The van der Waals surface area contributed by atoms with Crippen LogP contribution in [0.5, 0.6) is 0 Å². The van der Waals surface area contributed by atoms with Crippen molar-refractivity contribution in [3.63, 3.8) is 0 Å². The SMILES string of the molecule is O=C(CSc1nc(-c2ccccc2)c2ccccc2n1)N1c2ccccc2SC2C=CC=CC21. The van der Waals surface area contributed by atoms with Crippen LogP contribution in [0.2, 0.25) is 0 Å². The molecule has 34 heavy (non-hydrogen) atoms. The summed E-state index contributed by atoms with van der Waals surface area (Å²) in [6, 6.07) is 26.3. The molecule has 2 heterocycles. The molecular weight excluding hydrogens is 458 g/mol. The Hall–Kier alpha value is -3.35. The van der Waals surface area contributed by atoms with E-state index in [0.717, 1.165) is 32.7 Å². The predicted molar refractivity (Wildman–Crippen MR) is 141 cm³/mol. The van der Waals surface area contributed by atoms with E-state index >= 15 is 0 Å². The Labute approximate surface area is 206 Å². The Morgan fingerprint density at radius 1 is 0.882 bits per heavy atom. The van der Waals surface area contributed by atoms with Crippen molar-refractivity contribution in [1.29, 1.82) is 0 Å². The zero-order valence-electron chi connectivity index (χ0n) is 18.2. The summed E-state index contributed by atoms with van der Waals surface area (Å²) in [6.07, 6.45) is 8.39. The van der Waals surface area contributed by atoms with Gasteiger partial charge in [-0.3, -0.25) is 4.79 Å². The number of carbonyl (C=O) groups excluding carboxylic acids is 1. The molecule has 1 aromatic heterocycles. The van der Waals surface area contributed by atoms with E-state index in [1.807, 2.05) is 83.4 Å². The van der Waals surface area contributed by atoms with E-state index < -0.39 is 0 Å². The van der Waals surface area contributed by atoms with Gasteiger partial charge in [-0.25, -0.2) is 9.97 Å². The largest absolute Gasteiger partial charge is 0.302 e. The number of aromatic nitrogens is 2. The fraction of sp³-hybridized carbons (Fsp3) is 0.107. The summed E-state index contributed by atoms with van der Waals surface area (Å²) in [6.45, 7) is 0. The second-order valence-electron chi connectivity index (χ2n) is 8.10. The highest BCUT2D eigenvalue weighted by atomic mass is 32.2. The average molecular weight is 480 g/mol. The Kier molecular flexibility index (Phi) is 5.69. The average Bonchev–Trinajstić information content (AvgIpc) is 2.90. The molecule has 6 heteroatoms. The van der Waals surface area contributed by atoms with E-state index in [-0.39, 0.29) is 23.0 Å². The molecule has 6 rings (SSSR count). The Morgan fingerprint density at radius 2 is 1.65 bits per heavy atom. The number of allylic oxidation sites excluding steroid dienone is 2. The van der Waals surface area contributed by atoms with Gasteiger partial charge >= 0.3 is 0 Å². The predicted octanol–water partition coefficient (Wildman–Crippen LogP) is 6.39. The van der Waals surface area contributed by atoms with Crippen LogP contribution >= 0.6 is 23.5 Å². The quantitative estimate of drug-likeness (QED) is 0.251. The fourth-order valence-electron chi connectivity index (χ4n) is 4.41. The Bertz CT molecular complexity index is 1430. The molecular formula is C28H21N3OS2. The van der Waals surface area contributed by atoms with E-state index in [4.69, 9.17) is 9.97 Å². The summed E-state index contributed by atoms with van der Waals surface area (Å²) in [5.41, 5.74) is 3.79. The van der Waals surface area contributed by atoms with Crippen molar-refractivity contribution in [2.45, 2.75) is 21.3 Å². The minimum atomic E-state index is 0.00963. The number of amides is 1. The van der Waals surface area contributed by atoms with Gasteiger partial charge in [0.05, 0.1) is 33.9 Å². The maximum Gasteiger partial charge on any atom is 0.238 e. The maximum absolute atomic E-state index is 13.6. The zero-order valence-corrected chi connectivity index (χ0v) is 19.9. The minimum Gasteiger partial charge on any atom is -0.302 e. The molecule has 4 aromatic rings. The van der Waals surface area contributed by atoms with Gasteiger partial charge in [0.2, 0.25) is 5.91 Å². The number of hydrogen-bond acceptors (Lipinski definition) is 5. The lowest BCUT2D eigenvalue weighted by molar-refractivity contribution is -0.116. The molecule has 0 saturated carbocycles. The molecule has 166 valence electrons. The molecule has 4 nitrogen and oxygen atoms in total. The third kappa shape index (κ3) is 3.93. The summed E-state index contributed by atoms with van der Waals surface area (Å²) in [5, 5.41) is 1.84. The monoisotopic (exact) mass is 479 g/mol. The first-order valence-corrected chi connectivity index (χ1v) is 13.0. The van der Waals surface area contributed by atoms with Gasteiger partial charge < -0.3 is 4.90 Å². The van der Waals surface area contributed by atoms with E-state index in [2.05, 4.69) is 36.4 Å². The van der Waals surface area contributed by atoms with E-state index in [1.165, 1.54) is 11.8 Å². The lowest BCUT2D eigenvalue weighted by Gasteiger charge is -2.40. The van der Waals surface area contributed by atoms with Crippen molar-refractivity contribution in [1.82, 2.24) is 9.97 Å². The summed E-state index contributed by atoms with van der Waals surface area (Å²) in [7, 11) is 0. The van der Waals surface area contributed by atoms with Gasteiger partial charge in [-0.1, -0.05) is 96.7 Å². The normalized spacial score (nSPS) is 18.5. The van der Waals surface area contributed by atoms with Gasteiger partial charge in [0, 0.05) is 15.8 Å². The van der Waals surface area contributed by atoms with Crippen LogP contribution in [0.3, 0.4) is 0 Å². The first-order chi connectivity index (χ1) is 16.8. The molecule has 0 saturated heterocycles. The highest BCUT2D eigenvalue weighted by molar-refractivity contribution is 8.00. The zero-order chi connectivity index (χ0) is 22.9. The van der Waals surface area contributed by atoms with E-state index in [9.17, 15) is 4.79 Å². The molecule has 0 bridgehead atoms. The van der Waals surface area contributed by atoms with Crippen molar-refractivity contribution in [3.8, 4) is 11.3 Å². The molecule has 2 atom stereocenters. The van der Waals surface area contributed by atoms with Crippen molar-refractivity contribution in [3.05, 3.63) is 103 Å². The summed E-state index contributed by atoms with van der Waals surface area (Å²) >= 11 is 3.21. The van der Waals surface area contributed by atoms with Crippen LogP contribution in [0.15, 0.2) is 113 Å². The van der Waals surface area contributed by atoms with Crippen molar-refractivity contribution >= 4 is 46.0 Å². The van der Waals surface area contributed by atoms with Crippen molar-refractivity contribution in [2.24, 2.45) is 0 Å². The van der Waals surface area contributed by atoms with E-state index in [1.54, 1.807) is 0 Å². The standard InChI is InChI=1S/C28H21N3OS2/c32-26(31-22-14-6-8-16-24(22)34-25-17-9-7-15-23(25)31)18-33-28-29-21-13-5-4-12-20(21)27(30-28)19-10-2-1-3-11-19/h1-17,22,24H,18H2. The summed E-state index contributed by atoms with van der Waals surface area (Å²) in [4.78, 5) is 26.3. The molecule has 0 fully saturated rings. The topological polar surface area (TPSA) is 46.1 Å². The van der Waals surface area contributed by atoms with E-state index in [0.29, 0.717) is 5.16 Å².